The van der Waals surface area contributed by atoms with E-state index in [9.17, 15) is 0 Å². The largest absolute Gasteiger partial charge is 0.382 e. The molecule has 0 aliphatic heterocycles. The lowest BCUT2D eigenvalue weighted by Crippen LogP contribution is -2.39. The Bertz CT molecular complexity index is 311. The number of rotatable bonds is 10. The van der Waals surface area contributed by atoms with Gasteiger partial charge >= 0.3 is 0 Å². The van der Waals surface area contributed by atoms with E-state index in [1.54, 1.807) is 14.2 Å². The van der Waals surface area contributed by atoms with Crippen molar-refractivity contribution in [1.29, 1.82) is 0 Å². The minimum absolute atomic E-state index is 0. The zero-order valence-electron chi connectivity index (χ0n) is 16.9. The highest BCUT2D eigenvalue weighted by atomic mass is 16.5. The average Bonchev–Trinajstić information content (AvgIpc) is 2.63. The maximum atomic E-state index is 5.94. The number of hydrogen-bond donors (Lipinski definition) is 0. The Labute approximate surface area is 184 Å². The van der Waals surface area contributed by atoms with Gasteiger partial charge in [-0.2, -0.15) is 0 Å². The van der Waals surface area contributed by atoms with Crippen LogP contribution >= 0.6 is 0 Å². The maximum absolute atomic E-state index is 5.94. The van der Waals surface area contributed by atoms with E-state index < -0.39 is 0 Å². The Morgan fingerprint density at radius 1 is 0.552 bits per heavy atom. The summed E-state index contributed by atoms with van der Waals surface area (Å²) in [4.78, 5) is 0. The molecule has 29 heavy (non-hydrogen) atoms. The van der Waals surface area contributed by atoms with Crippen molar-refractivity contribution >= 4 is 0 Å². The van der Waals surface area contributed by atoms with Crippen LogP contribution in [0.15, 0.2) is 0 Å². The van der Waals surface area contributed by atoms with Crippen LogP contribution in [-0.2, 0) is 18.9 Å². The fourth-order valence-electron chi connectivity index (χ4n) is 4.88. The van der Waals surface area contributed by atoms with Crippen LogP contribution in [0.2, 0.25) is 0 Å². The van der Waals surface area contributed by atoms with Crippen molar-refractivity contribution in [2.75, 3.05) is 40.6 Å². The predicted molar refractivity (Wildman–Crippen MR) is 128 cm³/mol. The number of ether oxygens (including phenoxy) is 4. The lowest BCUT2D eigenvalue weighted by Gasteiger charge is -2.46. The van der Waals surface area contributed by atoms with E-state index in [2.05, 4.69) is 13.8 Å². The van der Waals surface area contributed by atoms with Crippen LogP contribution in [0, 0.1) is 17.3 Å². The summed E-state index contributed by atoms with van der Waals surface area (Å²) in [6.45, 7) is 7.92. The second kappa shape index (κ2) is 17.5. The molecule has 4 nitrogen and oxygen atoms in total. The molecule has 2 saturated carbocycles. The van der Waals surface area contributed by atoms with Crippen LogP contribution in [0.5, 0.6) is 0 Å². The third kappa shape index (κ3) is 10.6. The summed E-state index contributed by atoms with van der Waals surface area (Å²) in [5, 5.41) is 0. The molecule has 0 radical (unpaired) electrons. The molecule has 180 valence electrons. The van der Waals surface area contributed by atoms with Crippen LogP contribution in [0.3, 0.4) is 0 Å². The van der Waals surface area contributed by atoms with Gasteiger partial charge in [0.2, 0.25) is 0 Å². The molecule has 0 bridgehead atoms. The molecule has 2 fully saturated rings. The van der Waals surface area contributed by atoms with Gasteiger partial charge in [-0.15, -0.1) is 0 Å². The van der Waals surface area contributed by atoms with E-state index in [-0.39, 0.29) is 29.7 Å². The van der Waals surface area contributed by atoms with Crippen molar-refractivity contribution < 1.29 is 18.9 Å². The zero-order valence-corrected chi connectivity index (χ0v) is 16.9. The van der Waals surface area contributed by atoms with Crippen molar-refractivity contribution in [2.24, 2.45) is 17.3 Å². The van der Waals surface area contributed by atoms with Gasteiger partial charge in [-0.3, -0.25) is 0 Å². The smallest absolute Gasteiger partial charge is 0.0704 e. The SMILES string of the molecule is C.C.C.C.COCCOC1CCC(C(C)(C)C2CCC(OCCOC)CC2)CC1. The Morgan fingerprint density at radius 3 is 1.14 bits per heavy atom. The monoisotopic (exact) mass is 420 g/mol. The molecule has 0 N–H and O–H groups in total. The van der Waals surface area contributed by atoms with Crippen molar-refractivity contribution in [3.63, 3.8) is 0 Å². The van der Waals surface area contributed by atoms with Gasteiger partial charge in [0, 0.05) is 14.2 Å². The fraction of sp³-hybridized carbons (Fsp3) is 1.00. The molecule has 0 heterocycles. The number of hydrogen-bond acceptors (Lipinski definition) is 4. The Morgan fingerprint density at radius 2 is 0.862 bits per heavy atom. The van der Waals surface area contributed by atoms with Crippen molar-refractivity contribution in [1.82, 2.24) is 0 Å². The van der Waals surface area contributed by atoms with Crippen LogP contribution in [0.25, 0.3) is 0 Å². The summed E-state index contributed by atoms with van der Waals surface area (Å²) < 4.78 is 22.0. The molecule has 0 aromatic carbocycles. The standard InChI is InChI=1S/C21H40O4.4CH4/c1-21(2,17-5-9-19(10-6-17)24-15-13-22-3)18-7-11-20(12-8-18)25-16-14-23-4;;;;/h17-20H,5-16H2,1-4H3;4*1H4. The summed E-state index contributed by atoms with van der Waals surface area (Å²) >= 11 is 0. The third-order valence-corrected chi connectivity index (χ3v) is 6.73. The summed E-state index contributed by atoms with van der Waals surface area (Å²) in [5.74, 6) is 1.68. The highest BCUT2D eigenvalue weighted by Gasteiger charge is 2.40. The third-order valence-electron chi connectivity index (χ3n) is 6.73. The minimum Gasteiger partial charge on any atom is -0.382 e. The van der Waals surface area contributed by atoms with Crippen LogP contribution in [0.1, 0.15) is 94.9 Å². The molecular formula is C25H56O4. The summed E-state index contributed by atoms with van der Waals surface area (Å²) in [6, 6.07) is 0. The van der Waals surface area contributed by atoms with Crippen LogP contribution < -0.4 is 0 Å². The second-order valence-electron chi connectivity index (χ2n) is 8.50. The van der Waals surface area contributed by atoms with Crippen molar-refractivity contribution in [2.45, 2.75) is 107 Å². The first-order chi connectivity index (χ1) is 12.1. The van der Waals surface area contributed by atoms with E-state index in [4.69, 9.17) is 18.9 Å². The molecule has 0 aromatic heterocycles. The Hall–Kier alpha value is -0.160. The first-order valence-electron chi connectivity index (χ1n) is 10.3. The van der Waals surface area contributed by atoms with E-state index in [1.165, 1.54) is 51.4 Å². The minimum atomic E-state index is 0. The van der Waals surface area contributed by atoms with Gasteiger partial charge in [0.25, 0.3) is 0 Å². The molecule has 2 aliphatic carbocycles. The molecule has 4 heteroatoms. The van der Waals surface area contributed by atoms with Gasteiger partial charge in [-0.1, -0.05) is 43.6 Å². The highest BCUT2D eigenvalue weighted by molar-refractivity contribution is 4.91. The normalized spacial score (nSPS) is 26.9. The first-order valence-corrected chi connectivity index (χ1v) is 10.3. The zero-order chi connectivity index (χ0) is 18.1. The van der Waals surface area contributed by atoms with Crippen molar-refractivity contribution in [3.05, 3.63) is 0 Å². The molecule has 0 unspecified atom stereocenters. The molecule has 0 spiro atoms. The lowest BCUT2D eigenvalue weighted by atomic mass is 9.60. The van der Waals surface area contributed by atoms with E-state index in [0.717, 1.165) is 25.0 Å². The van der Waals surface area contributed by atoms with Gasteiger partial charge < -0.3 is 18.9 Å². The topological polar surface area (TPSA) is 36.9 Å². The molecule has 0 saturated heterocycles. The Balaban J connectivity index is -0.00000169. The van der Waals surface area contributed by atoms with Crippen molar-refractivity contribution in [3.8, 4) is 0 Å². The first kappa shape index (κ1) is 33.5. The van der Waals surface area contributed by atoms with E-state index in [0.29, 0.717) is 30.8 Å². The quantitative estimate of drug-likeness (QED) is 0.356. The molecule has 2 aliphatic rings. The lowest BCUT2D eigenvalue weighted by molar-refractivity contribution is -0.0468. The van der Waals surface area contributed by atoms with Gasteiger partial charge in [-0.25, -0.2) is 0 Å². The second-order valence-corrected chi connectivity index (χ2v) is 8.50. The maximum Gasteiger partial charge on any atom is 0.0704 e. The summed E-state index contributed by atoms with van der Waals surface area (Å²) in [6.07, 6.45) is 11.0. The van der Waals surface area contributed by atoms with Crippen LogP contribution in [0.4, 0.5) is 0 Å². The van der Waals surface area contributed by atoms with Gasteiger partial charge in [0.05, 0.1) is 38.6 Å². The molecular weight excluding hydrogens is 364 g/mol. The van der Waals surface area contributed by atoms with Gasteiger partial charge in [-0.05, 0) is 68.6 Å². The molecule has 0 aromatic rings. The predicted octanol–water partition coefficient (Wildman–Crippen LogP) is 7.00. The Kier molecular flexibility index (Phi) is 20.2. The highest BCUT2D eigenvalue weighted by Crippen LogP contribution is 2.48. The molecule has 2 rings (SSSR count). The molecule has 0 atom stereocenters. The van der Waals surface area contributed by atoms with Gasteiger partial charge in [0.1, 0.15) is 0 Å². The van der Waals surface area contributed by atoms with Crippen LogP contribution in [-0.4, -0.2) is 52.9 Å². The number of methoxy groups -OCH3 is 2. The average molecular weight is 421 g/mol. The van der Waals surface area contributed by atoms with Gasteiger partial charge in [0.15, 0.2) is 0 Å². The summed E-state index contributed by atoms with van der Waals surface area (Å²) in [5.41, 5.74) is 0.439. The van der Waals surface area contributed by atoms with E-state index in [1.807, 2.05) is 0 Å². The summed E-state index contributed by atoms with van der Waals surface area (Å²) in [7, 11) is 3.47. The fourth-order valence-corrected chi connectivity index (χ4v) is 4.88. The van der Waals surface area contributed by atoms with E-state index >= 15 is 0 Å². The molecule has 0 amide bonds.